The lowest BCUT2D eigenvalue weighted by atomic mass is 10.1. The first kappa shape index (κ1) is 17.8. The second kappa shape index (κ2) is 7.35. The van der Waals surface area contributed by atoms with E-state index in [2.05, 4.69) is 5.10 Å². The lowest BCUT2D eigenvalue weighted by molar-refractivity contribution is -0.146. The van der Waals surface area contributed by atoms with Gasteiger partial charge in [0.1, 0.15) is 18.9 Å². The number of aromatic nitrogens is 2. The Morgan fingerprint density at radius 1 is 1.29 bits per heavy atom. The van der Waals surface area contributed by atoms with Crippen LogP contribution in [-0.4, -0.2) is 38.2 Å². The number of halogens is 3. The van der Waals surface area contributed by atoms with E-state index in [1.54, 1.807) is 24.3 Å². The minimum absolute atomic E-state index is 0.0783. The van der Waals surface area contributed by atoms with Crippen molar-refractivity contribution in [1.82, 2.24) is 9.78 Å². The Balaban J connectivity index is 2.01. The van der Waals surface area contributed by atoms with Gasteiger partial charge in [0.05, 0.1) is 5.69 Å². The Morgan fingerprint density at radius 3 is 2.67 bits per heavy atom. The molecule has 1 heterocycles. The predicted molar refractivity (Wildman–Crippen MR) is 76.4 cm³/mol. The molecule has 1 aromatic heterocycles. The first-order chi connectivity index (χ1) is 11.2. The van der Waals surface area contributed by atoms with Gasteiger partial charge in [0.15, 0.2) is 6.10 Å². The number of alkyl halides is 3. The van der Waals surface area contributed by atoms with Crippen LogP contribution in [0.15, 0.2) is 36.5 Å². The van der Waals surface area contributed by atoms with E-state index in [0.717, 1.165) is 4.68 Å². The Hall–Kier alpha value is -2.55. The normalized spacial score (nSPS) is 12.8. The van der Waals surface area contributed by atoms with Gasteiger partial charge < -0.3 is 14.9 Å². The zero-order valence-corrected chi connectivity index (χ0v) is 12.4. The van der Waals surface area contributed by atoms with Gasteiger partial charge in [-0.1, -0.05) is 18.2 Å². The number of aliphatic hydroxyl groups excluding tert-OH is 1. The van der Waals surface area contributed by atoms with Crippen LogP contribution in [0.2, 0.25) is 0 Å². The van der Waals surface area contributed by atoms with E-state index in [1.165, 1.54) is 12.3 Å². The van der Waals surface area contributed by atoms with Crippen LogP contribution in [0.3, 0.4) is 0 Å². The van der Waals surface area contributed by atoms with E-state index < -0.39 is 24.8 Å². The Labute approximate surface area is 135 Å². The van der Waals surface area contributed by atoms with Crippen molar-refractivity contribution in [2.45, 2.75) is 31.9 Å². The lowest BCUT2D eigenvalue weighted by Crippen LogP contribution is -2.22. The van der Waals surface area contributed by atoms with Gasteiger partial charge in [0, 0.05) is 12.6 Å². The first-order valence-corrected chi connectivity index (χ1v) is 6.95. The molecule has 1 aromatic carbocycles. The molecule has 0 fully saturated rings. The fourth-order valence-electron chi connectivity index (χ4n) is 2.01. The van der Waals surface area contributed by atoms with Crippen LogP contribution in [0.1, 0.15) is 11.3 Å². The fraction of sp³-hybridized carbons (Fsp3) is 0.333. The van der Waals surface area contributed by atoms with E-state index in [1.807, 2.05) is 0 Å². The van der Waals surface area contributed by atoms with Gasteiger partial charge in [-0.25, -0.2) is 4.79 Å². The summed E-state index contributed by atoms with van der Waals surface area (Å²) in [6.45, 7) is -1.26. The highest BCUT2D eigenvalue weighted by molar-refractivity contribution is 5.72. The topological polar surface area (TPSA) is 84.6 Å². The zero-order chi connectivity index (χ0) is 17.7. The quantitative estimate of drug-likeness (QED) is 0.803. The van der Waals surface area contributed by atoms with Crippen molar-refractivity contribution in [2.75, 3.05) is 0 Å². The lowest BCUT2D eigenvalue weighted by Gasteiger charge is -2.12. The molecule has 9 heteroatoms. The maximum absolute atomic E-state index is 12.3. The molecule has 1 unspecified atom stereocenters. The molecular formula is C15H15F3N2O4. The summed E-state index contributed by atoms with van der Waals surface area (Å²) >= 11 is 0. The van der Waals surface area contributed by atoms with Crippen LogP contribution in [0, 0.1) is 0 Å². The van der Waals surface area contributed by atoms with Gasteiger partial charge in [-0.3, -0.25) is 4.68 Å². The maximum atomic E-state index is 12.3. The predicted octanol–water partition coefficient (Wildman–Crippen LogP) is 2.01. The molecule has 0 aliphatic rings. The van der Waals surface area contributed by atoms with Crippen molar-refractivity contribution >= 4 is 5.97 Å². The molecule has 0 amide bonds. The standard InChI is InChI=1S/C15H15F3N2O4/c16-15(17,18)9-20-6-5-11(19-20)8-24-13-4-2-1-3-10(13)7-12(21)14(22)23/h1-6,12,21H,7-9H2,(H,22,23). The summed E-state index contributed by atoms with van der Waals surface area (Å²) in [5, 5.41) is 21.9. The van der Waals surface area contributed by atoms with Gasteiger partial charge in [0.25, 0.3) is 0 Å². The maximum Gasteiger partial charge on any atom is 0.408 e. The number of benzene rings is 1. The van der Waals surface area contributed by atoms with Crippen LogP contribution in [-0.2, 0) is 24.4 Å². The largest absolute Gasteiger partial charge is 0.487 e. The second-order valence-electron chi connectivity index (χ2n) is 5.07. The number of ether oxygens (including phenoxy) is 1. The molecule has 0 radical (unpaired) electrons. The molecule has 6 nitrogen and oxygen atoms in total. The Morgan fingerprint density at radius 2 is 2.00 bits per heavy atom. The fourth-order valence-corrected chi connectivity index (χ4v) is 2.01. The van der Waals surface area contributed by atoms with Gasteiger partial charge in [-0.15, -0.1) is 0 Å². The van der Waals surface area contributed by atoms with Gasteiger partial charge >= 0.3 is 12.1 Å². The summed E-state index contributed by atoms with van der Waals surface area (Å²) in [7, 11) is 0. The second-order valence-corrected chi connectivity index (χ2v) is 5.07. The van der Waals surface area contributed by atoms with Crippen LogP contribution >= 0.6 is 0 Å². The average Bonchev–Trinajstić information content (AvgIpc) is 2.91. The number of nitrogens with zero attached hydrogens (tertiary/aromatic N) is 2. The summed E-state index contributed by atoms with van der Waals surface area (Å²) in [6.07, 6.45) is -4.87. The van der Waals surface area contributed by atoms with Crippen molar-refractivity contribution in [3.05, 3.63) is 47.8 Å². The third-order valence-electron chi connectivity index (χ3n) is 3.08. The van der Waals surface area contributed by atoms with Crippen molar-refractivity contribution in [2.24, 2.45) is 0 Å². The number of carbonyl (C=O) groups is 1. The number of rotatable bonds is 7. The Bertz CT molecular complexity index is 700. The van der Waals surface area contributed by atoms with Gasteiger partial charge in [-0.05, 0) is 17.7 Å². The molecule has 0 aliphatic heterocycles. The highest BCUT2D eigenvalue weighted by atomic mass is 19.4. The molecule has 1 atom stereocenters. The van der Waals surface area contributed by atoms with Crippen molar-refractivity contribution in [3.8, 4) is 5.75 Å². The minimum atomic E-state index is -4.36. The number of carboxylic acid groups (broad SMARTS) is 1. The van der Waals surface area contributed by atoms with Crippen molar-refractivity contribution in [1.29, 1.82) is 0 Å². The number of hydrogen-bond acceptors (Lipinski definition) is 4. The average molecular weight is 344 g/mol. The van der Waals surface area contributed by atoms with Crippen molar-refractivity contribution in [3.63, 3.8) is 0 Å². The summed E-state index contributed by atoms with van der Waals surface area (Å²) in [4.78, 5) is 10.7. The highest BCUT2D eigenvalue weighted by Gasteiger charge is 2.28. The number of para-hydroxylation sites is 1. The van der Waals surface area contributed by atoms with Crippen LogP contribution in [0.25, 0.3) is 0 Å². The van der Waals surface area contributed by atoms with Crippen LogP contribution in [0.5, 0.6) is 5.75 Å². The molecule has 0 bridgehead atoms. The molecule has 2 rings (SSSR count). The molecule has 0 spiro atoms. The third-order valence-corrected chi connectivity index (χ3v) is 3.08. The molecule has 130 valence electrons. The van der Waals surface area contributed by atoms with E-state index in [9.17, 15) is 23.1 Å². The first-order valence-electron chi connectivity index (χ1n) is 6.95. The smallest absolute Gasteiger partial charge is 0.408 e. The molecule has 0 saturated heterocycles. The van der Waals surface area contributed by atoms with Crippen LogP contribution < -0.4 is 4.74 Å². The summed E-state index contributed by atoms with van der Waals surface area (Å²) in [5.74, 6) is -1.01. The molecule has 2 N–H and O–H groups in total. The number of carboxylic acids is 1. The van der Waals surface area contributed by atoms with E-state index in [4.69, 9.17) is 9.84 Å². The van der Waals surface area contributed by atoms with Crippen molar-refractivity contribution < 1.29 is 32.9 Å². The monoisotopic (exact) mass is 344 g/mol. The number of aliphatic hydroxyl groups is 1. The summed E-state index contributed by atoms with van der Waals surface area (Å²) in [5.41, 5.74) is 0.773. The van der Waals surface area contributed by atoms with Crippen LogP contribution in [0.4, 0.5) is 13.2 Å². The molecule has 0 aliphatic carbocycles. The Kier molecular flexibility index (Phi) is 5.45. The minimum Gasteiger partial charge on any atom is -0.487 e. The zero-order valence-electron chi connectivity index (χ0n) is 12.4. The SMILES string of the molecule is O=C(O)C(O)Cc1ccccc1OCc1ccn(CC(F)(F)F)n1. The number of hydrogen-bond donors (Lipinski definition) is 2. The van der Waals surface area contributed by atoms with E-state index in [0.29, 0.717) is 17.0 Å². The van der Waals surface area contributed by atoms with E-state index in [-0.39, 0.29) is 13.0 Å². The van der Waals surface area contributed by atoms with Gasteiger partial charge in [-0.2, -0.15) is 18.3 Å². The van der Waals surface area contributed by atoms with E-state index >= 15 is 0 Å². The highest BCUT2D eigenvalue weighted by Crippen LogP contribution is 2.21. The third kappa shape index (κ3) is 5.27. The summed E-state index contributed by atoms with van der Waals surface area (Å²) < 4.78 is 43.1. The summed E-state index contributed by atoms with van der Waals surface area (Å²) in [6, 6.07) is 7.91. The number of aliphatic carboxylic acids is 1. The molecular weight excluding hydrogens is 329 g/mol. The molecule has 2 aromatic rings. The molecule has 0 saturated carbocycles. The van der Waals surface area contributed by atoms with Gasteiger partial charge in [0.2, 0.25) is 0 Å². The molecule has 24 heavy (non-hydrogen) atoms.